The van der Waals surface area contributed by atoms with E-state index in [0.29, 0.717) is 0 Å². The molecule has 8 heteroatoms. The lowest BCUT2D eigenvalue weighted by Crippen LogP contribution is -2.41. The van der Waals surface area contributed by atoms with E-state index in [1.54, 1.807) is 12.4 Å². The molecule has 3 aromatic rings. The van der Waals surface area contributed by atoms with Gasteiger partial charge >= 0.3 is 7.12 Å². The van der Waals surface area contributed by atoms with Gasteiger partial charge in [0.1, 0.15) is 0 Å². The lowest BCUT2D eigenvalue weighted by Gasteiger charge is -2.32. The van der Waals surface area contributed by atoms with Crippen LogP contribution in [0.25, 0.3) is 11.3 Å². The Kier molecular flexibility index (Phi) is 2.76. The summed E-state index contributed by atoms with van der Waals surface area (Å²) in [7, 11) is -0.396. The molecule has 0 atom stereocenters. The van der Waals surface area contributed by atoms with Crippen molar-refractivity contribution in [1.82, 2.24) is 19.6 Å². The Hall–Kier alpha value is -1.93. The fourth-order valence-corrected chi connectivity index (χ4v) is 3.14. The fourth-order valence-electron chi connectivity index (χ4n) is 3.14. The van der Waals surface area contributed by atoms with Gasteiger partial charge in [-0.05, 0) is 34.6 Å². The summed E-state index contributed by atoms with van der Waals surface area (Å²) >= 11 is 0. The average molecular weight is 314 g/mol. The topological polar surface area (TPSA) is 68.5 Å². The molecule has 0 amide bonds. The van der Waals surface area contributed by atoms with E-state index in [1.165, 1.54) is 0 Å². The molecule has 4 rings (SSSR count). The number of aryl methyl sites for hydroxylation is 2. The molecule has 1 fully saturated rings. The first-order valence-electron chi connectivity index (χ1n) is 7.81. The molecule has 1 aliphatic rings. The van der Waals surface area contributed by atoms with Gasteiger partial charge < -0.3 is 9.31 Å². The summed E-state index contributed by atoms with van der Waals surface area (Å²) < 4.78 is 16.4. The lowest BCUT2D eigenvalue weighted by atomic mass is 9.77. The van der Waals surface area contributed by atoms with Crippen LogP contribution in [0.2, 0.25) is 0 Å². The molecule has 23 heavy (non-hydrogen) atoms. The Balaban J connectivity index is 1.92. The zero-order valence-electron chi connectivity index (χ0n) is 14.3. The number of aromatic amines is 1. The number of rotatable bonds is 1. The second-order valence-electron chi connectivity index (χ2n) is 7.14. The summed E-state index contributed by atoms with van der Waals surface area (Å²) in [4.78, 5) is 8.76. The largest absolute Gasteiger partial charge is 0.503 e. The van der Waals surface area contributed by atoms with Crippen molar-refractivity contribution in [3.05, 3.63) is 23.8 Å². The van der Waals surface area contributed by atoms with Gasteiger partial charge in [-0.3, -0.25) is 0 Å². The van der Waals surface area contributed by atoms with Gasteiger partial charge in [-0.1, -0.05) is 4.52 Å². The number of hydrogen-bond donors (Lipinski definition) is 1. The van der Waals surface area contributed by atoms with Crippen LogP contribution >= 0.6 is 0 Å². The maximum atomic E-state index is 6.22. The normalized spacial score (nSPS) is 20.0. The van der Waals surface area contributed by atoms with Crippen molar-refractivity contribution < 1.29 is 13.9 Å². The molecule has 1 saturated heterocycles. The van der Waals surface area contributed by atoms with Crippen LogP contribution in [0, 0.1) is 13.8 Å². The van der Waals surface area contributed by atoms with Gasteiger partial charge in [-0.15, -0.1) is 5.10 Å². The van der Waals surface area contributed by atoms with E-state index in [9.17, 15) is 0 Å². The highest BCUT2D eigenvalue weighted by atomic mass is 16.7. The second kappa shape index (κ2) is 4.33. The van der Waals surface area contributed by atoms with Crippen LogP contribution in [0.15, 0.2) is 12.4 Å². The molecule has 0 unspecified atom stereocenters. The van der Waals surface area contributed by atoms with Crippen molar-refractivity contribution in [2.45, 2.75) is 52.7 Å². The Morgan fingerprint density at radius 3 is 2.35 bits per heavy atom. The molecule has 0 radical (unpaired) electrons. The van der Waals surface area contributed by atoms with Crippen molar-refractivity contribution in [2.24, 2.45) is 0 Å². The molecule has 1 aliphatic heterocycles. The van der Waals surface area contributed by atoms with Crippen LogP contribution in [0.5, 0.6) is 0 Å². The molecule has 1 N–H and O–H groups in total. The summed E-state index contributed by atoms with van der Waals surface area (Å²) in [5.74, 6) is 0. The highest BCUT2D eigenvalue weighted by Gasteiger charge is 2.54. The highest BCUT2D eigenvalue weighted by Crippen LogP contribution is 2.36. The Bertz CT molecular complexity index is 911. The predicted molar refractivity (Wildman–Crippen MR) is 85.7 cm³/mol. The quantitative estimate of drug-likeness (QED) is 0.531. The molecule has 0 saturated carbocycles. The Morgan fingerprint density at radius 1 is 1.09 bits per heavy atom. The standard InChI is InChI=1S/C15H21BN5O2/c1-9-11(16-22-14(3,4)15(5,6)23-16)10(2)21-19-12-13(20(9)21)18-8-7-17-12/h7-8H,1-6H3,(H,17,19)/q+1. The van der Waals surface area contributed by atoms with E-state index in [1.807, 2.05) is 16.1 Å². The smallest absolute Gasteiger partial charge is 0.399 e. The molecule has 0 aliphatic carbocycles. The van der Waals surface area contributed by atoms with E-state index in [2.05, 4.69) is 49.7 Å². The third-order valence-corrected chi connectivity index (χ3v) is 5.20. The number of fused-ring (bicyclic) bond motifs is 3. The molecule has 4 heterocycles. The first-order chi connectivity index (χ1) is 10.7. The minimum Gasteiger partial charge on any atom is -0.399 e. The van der Waals surface area contributed by atoms with Crippen molar-refractivity contribution >= 4 is 23.9 Å². The highest BCUT2D eigenvalue weighted by molar-refractivity contribution is 6.63. The van der Waals surface area contributed by atoms with E-state index in [-0.39, 0.29) is 11.2 Å². The van der Waals surface area contributed by atoms with Crippen LogP contribution in [0.1, 0.15) is 39.1 Å². The van der Waals surface area contributed by atoms with E-state index in [0.717, 1.165) is 28.1 Å². The number of nitrogens with zero attached hydrogens (tertiary/aromatic N) is 4. The minimum atomic E-state index is -0.396. The molecular formula is C15H21BN5O2+. The average Bonchev–Trinajstić information content (AvgIpc) is 3.01. The molecule has 120 valence electrons. The third-order valence-electron chi connectivity index (χ3n) is 5.20. The van der Waals surface area contributed by atoms with Crippen molar-refractivity contribution in [2.75, 3.05) is 0 Å². The lowest BCUT2D eigenvalue weighted by molar-refractivity contribution is -0.675. The summed E-state index contributed by atoms with van der Waals surface area (Å²) in [5, 5.41) is 3.27. The van der Waals surface area contributed by atoms with Gasteiger partial charge in [0.2, 0.25) is 17.0 Å². The van der Waals surface area contributed by atoms with Gasteiger partial charge in [0.05, 0.1) is 22.4 Å². The Morgan fingerprint density at radius 2 is 1.70 bits per heavy atom. The molecular weight excluding hydrogens is 293 g/mol. The van der Waals surface area contributed by atoms with E-state index >= 15 is 0 Å². The fraction of sp³-hybridized carbons (Fsp3) is 0.533. The minimum absolute atomic E-state index is 0.362. The first kappa shape index (κ1) is 14.7. The van der Waals surface area contributed by atoms with Gasteiger partial charge in [-0.25, -0.2) is 9.97 Å². The molecule has 0 spiro atoms. The first-order valence-corrected chi connectivity index (χ1v) is 7.81. The molecule has 0 aromatic carbocycles. The van der Waals surface area contributed by atoms with Gasteiger partial charge in [-0.2, -0.15) is 0 Å². The van der Waals surface area contributed by atoms with Gasteiger partial charge in [0.25, 0.3) is 0 Å². The van der Waals surface area contributed by atoms with Crippen molar-refractivity contribution in [1.29, 1.82) is 0 Å². The summed E-state index contributed by atoms with van der Waals surface area (Å²) in [6.45, 7) is 12.3. The summed E-state index contributed by atoms with van der Waals surface area (Å²) in [5.41, 5.74) is 3.91. The van der Waals surface area contributed by atoms with E-state index in [4.69, 9.17) is 9.31 Å². The van der Waals surface area contributed by atoms with E-state index < -0.39 is 7.12 Å². The SMILES string of the molecule is Cc1c(B2OC(C)(C)C(C)(C)O2)c(C)[n+]2[nH]c3nccnc3n12. The zero-order chi connectivity index (χ0) is 16.6. The van der Waals surface area contributed by atoms with Crippen LogP contribution < -0.4 is 10.1 Å². The van der Waals surface area contributed by atoms with Gasteiger partial charge in [0, 0.05) is 23.9 Å². The summed E-state index contributed by atoms with van der Waals surface area (Å²) in [6.07, 6.45) is 3.37. The van der Waals surface area contributed by atoms with Crippen LogP contribution in [0.4, 0.5) is 0 Å². The van der Waals surface area contributed by atoms with Crippen LogP contribution in [0.3, 0.4) is 0 Å². The summed E-state index contributed by atoms with van der Waals surface area (Å²) in [6, 6.07) is 0. The maximum absolute atomic E-state index is 6.22. The zero-order valence-corrected chi connectivity index (χ0v) is 14.3. The third kappa shape index (κ3) is 1.82. The number of nitrogens with one attached hydrogen (secondary N) is 1. The van der Waals surface area contributed by atoms with Crippen LogP contribution in [-0.4, -0.2) is 37.9 Å². The Labute approximate surface area is 134 Å². The molecule has 7 nitrogen and oxygen atoms in total. The molecule has 0 bridgehead atoms. The monoisotopic (exact) mass is 314 g/mol. The van der Waals surface area contributed by atoms with Crippen LogP contribution in [-0.2, 0) is 9.31 Å². The van der Waals surface area contributed by atoms with Crippen molar-refractivity contribution in [3.63, 3.8) is 0 Å². The molecule has 3 aromatic heterocycles. The van der Waals surface area contributed by atoms with Crippen molar-refractivity contribution in [3.8, 4) is 0 Å². The maximum Gasteiger partial charge on any atom is 0.503 e. The number of aromatic nitrogens is 5. The predicted octanol–water partition coefficient (Wildman–Crippen LogP) is 0.712. The number of hydrogen-bond acceptors (Lipinski definition) is 4. The second-order valence-corrected chi connectivity index (χ2v) is 7.14. The number of H-pyrrole nitrogens is 1. The van der Waals surface area contributed by atoms with Gasteiger partial charge in [0.15, 0.2) is 0 Å².